The van der Waals surface area contributed by atoms with E-state index >= 15 is 0 Å². The fourth-order valence-electron chi connectivity index (χ4n) is 3.10. The predicted molar refractivity (Wildman–Crippen MR) is 76.4 cm³/mol. The van der Waals surface area contributed by atoms with E-state index in [-0.39, 0.29) is 0 Å². The molecule has 1 fully saturated rings. The van der Waals surface area contributed by atoms with E-state index in [1.807, 2.05) is 6.92 Å². The van der Waals surface area contributed by atoms with Crippen molar-refractivity contribution in [3.8, 4) is 6.07 Å². The number of likely N-dealkylation sites (N-methyl/N-ethyl adjacent to an activating group) is 1. The maximum absolute atomic E-state index is 9.39. The van der Waals surface area contributed by atoms with Crippen molar-refractivity contribution < 1.29 is 0 Å². The Kier molecular flexibility index (Phi) is 6.11. The fraction of sp³-hybridized carbons (Fsp3) is 0.933. The molecule has 1 aliphatic carbocycles. The van der Waals surface area contributed by atoms with Gasteiger partial charge < -0.3 is 4.90 Å². The van der Waals surface area contributed by atoms with Crippen LogP contribution in [0.1, 0.15) is 52.9 Å². The highest BCUT2D eigenvalue weighted by molar-refractivity contribution is 5.06. The van der Waals surface area contributed by atoms with Crippen LogP contribution in [0.3, 0.4) is 0 Å². The van der Waals surface area contributed by atoms with E-state index in [1.54, 1.807) is 0 Å². The molecule has 0 saturated heterocycles. The van der Waals surface area contributed by atoms with Gasteiger partial charge in [-0.25, -0.2) is 0 Å². The number of hydrogen-bond donors (Lipinski definition) is 1. The van der Waals surface area contributed by atoms with Crippen molar-refractivity contribution in [2.24, 2.45) is 5.92 Å². The molecule has 3 nitrogen and oxygen atoms in total. The Hall–Kier alpha value is -0.590. The second kappa shape index (κ2) is 7.11. The first kappa shape index (κ1) is 15.5. The molecule has 0 aromatic heterocycles. The molecule has 0 radical (unpaired) electrons. The van der Waals surface area contributed by atoms with E-state index in [1.165, 1.54) is 25.7 Å². The summed E-state index contributed by atoms with van der Waals surface area (Å²) in [4.78, 5) is 2.40. The van der Waals surface area contributed by atoms with Gasteiger partial charge in [-0.05, 0) is 45.7 Å². The minimum Gasteiger partial charge on any atom is -0.300 e. The highest BCUT2D eigenvalue weighted by atomic mass is 15.2. The largest absolute Gasteiger partial charge is 0.300 e. The lowest BCUT2D eigenvalue weighted by molar-refractivity contribution is 0.119. The average Bonchev–Trinajstić information content (AvgIpc) is 2.37. The molecule has 0 aromatic rings. The molecule has 1 N–H and O–H groups in total. The van der Waals surface area contributed by atoms with Crippen molar-refractivity contribution in [2.75, 3.05) is 20.1 Å². The molecule has 18 heavy (non-hydrogen) atoms. The van der Waals surface area contributed by atoms with E-state index in [2.05, 4.69) is 37.2 Å². The number of nitriles is 1. The van der Waals surface area contributed by atoms with Crippen LogP contribution >= 0.6 is 0 Å². The van der Waals surface area contributed by atoms with Gasteiger partial charge in [-0.15, -0.1) is 0 Å². The van der Waals surface area contributed by atoms with E-state index in [0.717, 1.165) is 25.4 Å². The Morgan fingerprint density at radius 2 is 2.06 bits per heavy atom. The van der Waals surface area contributed by atoms with Crippen LogP contribution < -0.4 is 5.32 Å². The Morgan fingerprint density at radius 1 is 1.39 bits per heavy atom. The Balaban J connectivity index is 2.55. The Morgan fingerprint density at radius 3 is 2.61 bits per heavy atom. The molecule has 3 unspecified atom stereocenters. The summed E-state index contributed by atoms with van der Waals surface area (Å²) in [6.07, 6.45) is 6.40. The van der Waals surface area contributed by atoms with Crippen molar-refractivity contribution >= 4 is 0 Å². The van der Waals surface area contributed by atoms with Crippen LogP contribution in [0.4, 0.5) is 0 Å². The molecule has 0 heterocycles. The van der Waals surface area contributed by atoms with Crippen molar-refractivity contribution in [1.29, 1.82) is 5.26 Å². The SMILES string of the molecule is CCCNC(C)(C#N)CN(C)C1CCCCC1C. The summed E-state index contributed by atoms with van der Waals surface area (Å²) in [5.41, 5.74) is -0.415. The third kappa shape index (κ3) is 4.26. The van der Waals surface area contributed by atoms with Crippen LogP contribution in [0, 0.1) is 17.2 Å². The summed E-state index contributed by atoms with van der Waals surface area (Å²) in [5.74, 6) is 0.762. The van der Waals surface area contributed by atoms with Crippen LogP contribution in [-0.2, 0) is 0 Å². The normalized spacial score (nSPS) is 27.8. The minimum absolute atomic E-state index is 0.415. The monoisotopic (exact) mass is 251 g/mol. The topological polar surface area (TPSA) is 39.1 Å². The first-order valence-corrected chi connectivity index (χ1v) is 7.39. The highest BCUT2D eigenvalue weighted by Crippen LogP contribution is 2.28. The van der Waals surface area contributed by atoms with Crippen LogP contribution in [0.5, 0.6) is 0 Å². The molecule has 3 atom stereocenters. The van der Waals surface area contributed by atoms with Gasteiger partial charge in [-0.1, -0.05) is 26.7 Å². The number of hydrogen-bond acceptors (Lipinski definition) is 3. The second-order valence-electron chi connectivity index (χ2n) is 6.11. The molecule has 0 spiro atoms. The minimum atomic E-state index is -0.415. The molecule has 0 aliphatic heterocycles. The Labute approximate surface area is 113 Å². The number of nitrogens with zero attached hydrogens (tertiary/aromatic N) is 2. The highest BCUT2D eigenvalue weighted by Gasteiger charge is 2.31. The molecule has 1 rings (SSSR count). The summed E-state index contributed by atoms with van der Waals surface area (Å²) < 4.78 is 0. The quantitative estimate of drug-likeness (QED) is 0.789. The van der Waals surface area contributed by atoms with Crippen LogP contribution in [-0.4, -0.2) is 36.6 Å². The van der Waals surface area contributed by atoms with Crippen molar-refractivity contribution in [3.05, 3.63) is 0 Å². The smallest absolute Gasteiger partial charge is 0.116 e. The summed E-state index contributed by atoms with van der Waals surface area (Å²) in [6, 6.07) is 3.09. The zero-order valence-electron chi connectivity index (χ0n) is 12.5. The van der Waals surface area contributed by atoms with Gasteiger partial charge in [0.15, 0.2) is 0 Å². The molecule has 104 valence electrons. The zero-order valence-corrected chi connectivity index (χ0v) is 12.5. The maximum atomic E-state index is 9.39. The second-order valence-corrected chi connectivity index (χ2v) is 6.11. The van der Waals surface area contributed by atoms with E-state index in [9.17, 15) is 5.26 Å². The van der Waals surface area contributed by atoms with Gasteiger partial charge in [0.2, 0.25) is 0 Å². The maximum Gasteiger partial charge on any atom is 0.116 e. The van der Waals surface area contributed by atoms with Gasteiger partial charge in [0.25, 0.3) is 0 Å². The van der Waals surface area contributed by atoms with Crippen LogP contribution in [0.15, 0.2) is 0 Å². The van der Waals surface area contributed by atoms with E-state index in [4.69, 9.17) is 0 Å². The standard InChI is InChI=1S/C15H29N3/c1-5-10-17-15(3,11-16)12-18(4)14-9-7-6-8-13(14)2/h13-14,17H,5-10,12H2,1-4H3. The van der Waals surface area contributed by atoms with Crippen molar-refractivity contribution in [3.63, 3.8) is 0 Å². The molecule has 0 amide bonds. The molecule has 3 heteroatoms. The summed E-state index contributed by atoms with van der Waals surface area (Å²) in [6.45, 7) is 8.24. The summed E-state index contributed by atoms with van der Waals surface area (Å²) >= 11 is 0. The molecule has 1 aliphatic rings. The third-order valence-corrected chi connectivity index (χ3v) is 4.21. The van der Waals surface area contributed by atoms with Crippen LogP contribution in [0.2, 0.25) is 0 Å². The molecule has 0 bridgehead atoms. The van der Waals surface area contributed by atoms with Crippen molar-refractivity contribution in [2.45, 2.75) is 64.5 Å². The van der Waals surface area contributed by atoms with Crippen molar-refractivity contribution in [1.82, 2.24) is 10.2 Å². The molecule has 0 aromatic carbocycles. The lowest BCUT2D eigenvalue weighted by Gasteiger charge is -2.39. The third-order valence-electron chi connectivity index (χ3n) is 4.21. The average molecular weight is 251 g/mol. The molecule has 1 saturated carbocycles. The molecular weight excluding hydrogens is 222 g/mol. The first-order chi connectivity index (χ1) is 8.52. The van der Waals surface area contributed by atoms with Gasteiger partial charge in [-0.3, -0.25) is 5.32 Å². The summed E-state index contributed by atoms with van der Waals surface area (Å²) in [7, 11) is 2.18. The number of nitrogens with one attached hydrogen (secondary N) is 1. The van der Waals surface area contributed by atoms with Gasteiger partial charge in [0, 0.05) is 12.6 Å². The predicted octanol–water partition coefficient (Wildman–Crippen LogP) is 2.78. The Bertz CT molecular complexity index is 284. The van der Waals surface area contributed by atoms with Gasteiger partial charge in [0.05, 0.1) is 6.07 Å². The van der Waals surface area contributed by atoms with Gasteiger partial charge >= 0.3 is 0 Å². The lowest BCUT2D eigenvalue weighted by atomic mass is 9.84. The fourth-order valence-corrected chi connectivity index (χ4v) is 3.10. The number of rotatable bonds is 6. The first-order valence-electron chi connectivity index (χ1n) is 7.39. The van der Waals surface area contributed by atoms with Gasteiger partial charge in [-0.2, -0.15) is 5.26 Å². The zero-order chi connectivity index (χ0) is 13.6. The van der Waals surface area contributed by atoms with Crippen LogP contribution in [0.25, 0.3) is 0 Å². The summed E-state index contributed by atoms with van der Waals surface area (Å²) in [5, 5.41) is 12.8. The van der Waals surface area contributed by atoms with E-state index < -0.39 is 5.54 Å². The lowest BCUT2D eigenvalue weighted by Crippen LogP contribution is -2.53. The van der Waals surface area contributed by atoms with E-state index in [0.29, 0.717) is 6.04 Å². The molecular formula is C15H29N3. The van der Waals surface area contributed by atoms with Gasteiger partial charge in [0.1, 0.15) is 5.54 Å².